The minimum absolute atomic E-state index is 0.280. The molecule has 0 atom stereocenters. The summed E-state index contributed by atoms with van der Waals surface area (Å²) in [5.41, 5.74) is 2.80. The van der Waals surface area contributed by atoms with Crippen LogP contribution in [0, 0.1) is 0 Å². The second-order valence-electron chi connectivity index (χ2n) is 7.81. The van der Waals surface area contributed by atoms with Gasteiger partial charge in [0, 0.05) is 0 Å². The molecule has 2 rings (SSSR count). The molecule has 118 valence electrons. The first-order valence-electron chi connectivity index (χ1n) is 8.23. The number of benzene rings is 1. The summed E-state index contributed by atoms with van der Waals surface area (Å²) >= 11 is 0. The lowest BCUT2D eigenvalue weighted by atomic mass is 9.90. The maximum Gasteiger partial charge on any atom is 0.192 e. The van der Waals surface area contributed by atoms with Gasteiger partial charge in [-0.25, -0.2) is 0 Å². The van der Waals surface area contributed by atoms with Crippen LogP contribution >= 0.6 is 0 Å². The molecule has 1 N–H and O–H groups in total. The van der Waals surface area contributed by atoms with Crippen molar-refractivity contribution in [2.75, 3.05) is 13.1 Å². The van der Waals surface area contributed by atoms with E-state index in [1.165, 1.54) is 24.0 Å². The van der Waals surface area contributed by atoms with Gasteiger partial charge in [0.15, 0.2) is 8.32 Å². The minimum Gasteiger partial charge on any atom is -0.413 e. The molecule has 2 nitrogen and oxygen atoms in total. The standard InChI is InChI=1S/C18H31NOSi/c1-18(2,3)21(4,5)20-14-15-6-8-16(9-7-15)17-10-12-19-13-11-17/h6-9,17,19H,10-14H2,1-5H3. The molecule has 0 saturated carbocycles. The highest BCUT2D eigenvalue weighted by molar-refractivity contribution is 6.74. The Morgan fingerprint density at radius 3 is 2.19 bits per heavy atom. The van der Waals surface area contributed by atoms with Crippen LogP contribution in [0.2, 0.25) is 18.1 Å². The molecule has 1 aliphatic heterocycles. The van der Waals surface area contributed by atoms with Crippen molar-refractivity contribution in [2.45, 2.75) is 64.3 Å². The molecule has 1 heterocycles. The monoisotopic (exact) mass is 305 g/mol. The Labute approximate surface area is 131 Å². The highest BCUT2D eigenvalue weighted by Gasteiger charge is 2.36. The smallest absolute Gasteiger partial charge is 0.192 e. The van der Waals surface area contributed by atoms with Gasteiger partial charge in [-0.05, 0) is 61.1 Å². The summed E-state index contributed by atoms with van der Waals surface area (Å²) in [5.74, 6) is 0.738. The van der Waals surface area contributed by atoms with Crippen molar-refractivity contribution in [3.05, 3.63) is 35.4 Å². The predicted molar refractivity (Wildman–Crippen MR) is 93.3 cm³/mol. The molecular weight excluding hydrogens is 274 g/mol. The van der Waals surface area contributed by atoms with Gasteiger partial charge in [0.05, 0.1) is 6.61 Å². The Morgan fingerprint density at radius 1 is 1.10 bits per heavy atom. The number of nitrogens with one attached hydrogen (secondary N) is 1. The summed E-state index contributed by atoms with van der Waals surface area (Å²) < 4.78 is 6.29. The molecule has 3 heteroatoms. The highest BCUT2D eigenvalue weighted by Crippen LogP contribution is 2.37. The maximum atomic E-state index is 6.29. The summed E-state index contributed by atoms with van der Waals surface area (Å²) in [5, 5.41) is 3.71. The van der Waals surface area contributed by atoms with E-state index in [-0.39, 0.29) is 5.04 Å². The third-order valence-corrected chi connectivity index (χ3v) is 9.67. The number of hydrogen-bond acceptors (Lipinski definition) is 2. The fourth-order valence-electron chi connectivity index (χ4n) is 2.52. The van der Waals surface area contributed by atoms with E-state index < -0.39 is 8.32 Å². The molecule has 1 saturated heterocycles. The van der Waals surface area contributed by atoms with Crippen molar-refractivity contribution in [2.24, 2.45) is 0 Å². The second-order valence-corrected chi connectivity index (χ2v) is 12.6. The lowest BCUT2D eigenvalue weighted by Gasteiger charge is -2.36. The first-order valence-corrected chi connectivity index (χ1v) is 11.1. The zero-order chi connectivity index (χ0) is 15.5. The highest BCUT2D eigenvalue weighted by atomic mass is 28.4. The summed E-state index contributed by atoms with van der Waals surface area (Å²) in [6.07, 6.45) is 2.53. The van der Waals surface area contributed by atoms with Gasteiger partial charge in [0.1, 0.15) is 0 Å². The summed E-state index contributed by atoms with van der Waals surface area (Å²) in [7, 11) is -1.64. The second kappa shape index (κ2) is 6.63. The molecule has 0 aliphatic carbocycles. The fourth-order valence-corrected chi connectivity index (χ4v) is 3.48. The molecule has 0 unspecified atom stereocenters. The van der Waals surface area contributed by atoms with Gasteiger partial charge >= 0.3 is 0 Å². The molecule has 0 bridgehead atoms. The van der Waals surface area contributed by atoms with Crippen LogP contribution in [0.15, 0.2) is 24.3 Å². The molecule has 1 aliphatic rings. The zero-order valence-electron chi connectivity index (χ0n) is 14.3. The van der Waals surface area contributed by atoms with Crippen LogP contribution < -0.4 is 5.32 Å². The fraction of sp³-hybridized carbons (Fsp3) is 0.667. The lowest BCUT2D eigenvalue weighted by Crippen LogP contribution is -2.40. The van der Waals surface area contributed by atoms with Gasteiger partial charge in [-0.15, -0.1) is 0 Å². The van der Waals surface area contributed by atoms with Gasteiger partial charge in [0.2, 0.25) is 0 Å². The van der Waals surface area contributed by atoms with Crippen molar-refractivity contribution >= 4 is 8.32 Å². The van der Waals surface area contributed by atoms with Gasteiger partial charge < -0.3 is 9.74 Å². The Morgan fingerprint density at radius 2 is 1.67 bits per heavy atom. The van der Waals surface area contributed by atoms with Crippen LogP contribution in [-0.4, -0.2) is 21.4 Å². The Hall–Kier alpha value is -0.643. The van der Waals surface area contributed by atoms with Gasteiger partial charge in [0.25, 0.3) is 0 Å². The lowest BCUT2D eigenvalue weighted by molar-refractivity contribution is 0.276. The van der Waals surface area contributed by atoms with Crippen molar-refractivity contribution in [3.63, 3.8) is 0 Å². The van der Waals surface area contributed by atoms with Crippen molar-refractivity contribution in [1.29, 1.82) is 0 Å². The Bertz CT molecular complexity index is 441. The van der Waals surface area contributed by atoms with Crippen LogP contribution in [0.1, 0.15) is 50.7 Å². The van der Waals surface area contributed by atoms with E-state index in [0.717, 1.165) is 25.6 Å². The quantitative estimate of drug-likeness (QED) is 0.816. The molecule has 0 spiro atoms. The normalized spacial score (nSPS) is 18.0. The van der Waals surface area contributed by atoms with Crippen LogP contribution in [0.25, 0.3) is 0 Å². The Kier molecular flexibility index (Phi) is 5.28. The third-order valence-electron chi connectivity index (χ3n) is 5.20. The summed E-state index contributed by atoms with van der Waals surface area (Å²) in [4.78, 5) is 0. The Balaban J connectivity index is 1.93. The first kappa shape index (κ1) is 16.7. The average Bonchev–Trinajstić information content (AvgIpc) is 2.45. The number of rotatable bonds is 4. The van der Waals surface area contributed by atoms with Gasteiger partial charge in [-0.1, -0.05) is 45.0 Å². The topological polar surface area (TPSA) is 21.3 Å². The molecule has 21 heavy (non-hydrogen) atoms. The zero-order valence-corrected chi connectivity index (χ0v) is 15.3. The number of hydrogen-bond donors (Lipinski definition) is 1. The van der Waals surface area contributed by atoms with Crippen molar-refractivity contribution in [3.8, 4) is 0 Å². The molecule has 1 aromatic carbocycles. The largest absolute Gasteiger partial charge is 0.413 e. The summed E-state index contributed by atoms with van der Waals surface area (Å²) in [6, 6.07) is 9.12. The first-order chi connectivity index (χ1) is 9.79. The van der Waals surface area contributed by atoms with E-state index in [9.17, 15) is 0 Å². The van der Waals surface area contributed by atoms with Crippen LogP contribution in [0.3, 0.4) is 0 Å². The molecule has 1 fully saturated rings. The van der Waals surface area contributed by atoms with E-state index in [1.54, 1.807) is 0 Å². The van der Waals surface area contributed by atoms with E-state index in [2.05, 4.69) is 63.4 Å². The van der Waals surface area contributed by atoms with Gasteiger partial charge in [-0.3, -0.25) is 0 Å². The van der Waals surface area contributed by atoms with Crippen molar-refractivity contribution in [1.82, 2.24) is 5.32 Å². The van der Waals surface area contributed by atoms with Crippen LogP contribution in [0.5, 0.6) is 0 Å². The van der Waals surface area contributed by atoms with E-state index in [4.69, 9.17) is 4.43 Å². The van der Waals surface area contributed by atoms with Crippen molar-refractivity contribution < 1.29 is 4.43 Å². The SMILES string of the molecule is CC(C)(C)[Si](C)(C)OCc1ccc(C2CCNCC2)cc1. The van der Waals surface area contributed by atoms with E-state index in [0.29, 0.717) is 0 Å². The molecule has 1 aromatic rings. The molecule has 0 aromatic heterocycles. The number of piperidine rings is 1. The molecule has 0 amide bonds. The minimum atomic E-state index is -1.64. The molecular formula is C18H31NOSi. The van der Waals surface area contributed by atoms with Crippen LogP contribution in [0.4, 0.5) is 0 Å². The van der Waals surface area contributed by atoms with Crippen LogP contribution in [-0.2, 0) is 11.0 Å². The third kappa shape index (κ3) is 4.41. The average molecular weight is 306 g/mol. The maximum absolute atomic E-state index is 6.29. The van der Waals surface area contributed by atoms with E-state index in [1.807, 2.05) is 0 Å². The van der Waals surface area contributed by atoms with Gasteiger partial charge in [-0.2, -0.15) is 0 Å². The predicted octanol–water partition coefficient (Wildman–Crippen LogP) is 4.68. The molecule has 0 radical (unpaired) electrons. The summed E-state index contributed by atoms with van der Waals surface area (Å²) in [6.45, 7) is 14.6. The van der Waals surface area contributed by atoms with E-state index >= 15 is 0 Å².